The standard InChI is InChI=1S/C18H16FN3O3S2/c1-22(27(24,25)15-9-7-14(19)8-10-15)11-17(23)21-18-20-16(12-26-18)13-5-3-2-4-6-13/h2-10,12H,11H2,1H3,(H,20,21,23). The minimum atomic E-state index is -3.89. The topological polar surface area (TPSA) is 79.4 Å². The van der Waals surface area contributed by atoms with Crippen LogP contribution in [0.5, 0.6) is 0 Å². The Balaban J connectivity index is 1.65. The van der Waals surface area contributed by atoms with E-state index in [0.29, 0.717) is 5.13 Å². The zero-order valence-electron chi connectivity index (χ0n) is 14.3. The van der Waals surface area contributed by atoms with Crippen molar-refractivity contribution in [2.45, 2.75) is 4.90 Å². The molecule has 0 aliphatic rings. The molecule has 9 heteroatoms. The molecular formula is C18H16FN3O3S2. The number of halogens is 1. The fraction of sp³-hybridized carbons (Fsp3) is 0.111. The summed E-state index contributed by atoms with van der Waals surface area (Å²) in [6, 6.07) is 13.9. The van der Waals surface area contributed by atoms with Gasteiger partial charge in [0.15, 0.2) is 5.13 Å². The molecule has 0 saturated carbocycles. The monoisotopic (exact) mass is 405 g/mol. The van der Waals surface area contributed by atoms with Gasteiger partial charge in [-0.25, -0.2) is 17.8 Å². The number of sulfonamides is 1. The molecule has 0 bridgehead atoms. The number of amides is 1. The third-order valence-corrected chi connectivity index (χ3v) is 6.28. The first-order valence-corrected chi connectivity index (χ1v) is 10.2. The lowest BCUT2D eigenvalue weighted by atomic mass is 10.2. The number of hydrogen-bond acceptors (Lipinski definition) is 5. The number of benzene rings is 2. The Hall–Kier alpha value is -2.62. The van der Waals surface area contributed by atoms with Crippen molar-refractivity contribution in [3.63, 3.8) is 0 Å². The van der Waals surface area contributed by atoms with Gasteiger partial charge < -0.3 is 5.32 Å². The minimum absolute atomic E-state index is 0.0835. The highest BCUT2D eigenvalue weighted by molar-refractivity contribution is 7.89. The molecule has 0 radical (unpaired) electrons. The third-order valence-electron chi connectivity index (χ3n) is 3.71. The van der Waals surface area contributed by atoms with E-state index in [2.05, 4.69) is 10.3 Å². The molecule has 3 aromatic rings. The molecule has 0 aliphatic carbocycles. The maximum Gasteiger partial charge on any atom is 0.243 e. The highest BCUT2D eigenvalue weighted by Gasteiger charge is 2.23. The second-order valence-corrected chi connectivity index (χ2v) is 8.57. The van der Waals surface area contributed by atoms with Crippen LogP contribution in [0.15, 0.2) is 64.9 Å². The lowest BCUT2D eigenvalue weighted by Crippen LogP contribution is -2.34. The van der Waals surface area contributed by atoms with Gasteiger partial charge in [0.05, 0.1) is 17.1 Å². The average Bonchev–Trinajstić information content (AvgIpc) is 3.11. The number of aromatic nitrogens is 1. The van der Waals surface area contributed by atoms with Gasteiger partial charge in [-0.3, -0.25) is 4.79 Å². The Morgan fingerprint density at radius 1 is 1.15 bits per heavy atom. The van der Waals surface area contributed by atoms with Gasteiger partial charge in [0.25, 0.3) is 0 Å². The number of hydrogen-bond donors (Lipinski definition) is 1. The Bertz CT molecular complexity index is 1040. The van der Waals surface area contributed by atoms with Crippen LogP contribution < -0.4 is 5.32 Å². The molecular weight excluding hydrogens is 389 g/mol. The smallest absolute Gasteiger partial charge is 0.243 e. The van der Waals surface area contributed by atoms with Gasteiger partial charge in [-0.15, -0.1) is 11.3 Å². The van der Waals surface area contributed by atoms with E-state index >= 15 is 0 Å². The lowest BCUT2D eigenvalue weighted by Gasteiger charge is -2.16. The molecule has 0 spiro atoms. The van der Waals surface area contributed by atoms with E-state index in [1.807, 2.05) is 35.7 Å². The number of rotatable bonds is 6. The summed E-state index contributed by atoms with van der Waals surface area (Å²) in [5.74, 6) is -1.05. The van der Waals surface area contributed by atoms with Crippen molar-refractivity contribution in [3.05, 3.63) is 65.8 Å². The van der Waals surface area contributed by atoms with E-state index < -0.39 is 21.7 Å². The summed E-state index contributed by atoms with van der Waals surface area (Å²) < 4.78 is 38.7. The second kappa shape index (κ2) is 7.95. The molecule has 3 rings (SSSR count). The van der Waals surface area contributed by atoms with Crippen LogP contribution in [-0.4, -0.2) is 37.2 Å². The number of carbonyl (C=O) groups excluding carboxylic acids is 1. The molecule has 0 saturated heterocycles. The van der Waals surface area contributed by atoms with Crippen LogP contribution in [0, 0.1) is 5.82 Å². The Labute approximate surface area is 160 Å². The van der Waals surface area contributed by atoms with Crippen molar-refractivity contribution in [2.24, 2.45) is 0 Å². The Morgan fingerprint density at radius 2 is 1.81 bits per heavy atom. The van der Waals surface area contributed by atoms with Gasteiger partial charge in [-0.1, -0.05) is 30.3 Å². The minimum Gasteiger partial charge on any atom is -0.301 e. The molecule has 1 N–H and O–H groups in total. The van der Waals surface area contributed by atoms with Gasteiger partial charge in [-0.2, -0.15) is 4.31 Å². The number of thiazole rings is 1. The fourth-order valence-electron chi connectivity index (χ4n) is 2.31. The van der Waals surface area contributed by atoms with Gasteiger partial charge in [0.2, 0.25) is 15.9 Å². The first-order valence-electron chi connectivity index (χ1n) is 7.89. The van der Waals surface area contributed by atoms with Crippen molar-refractivity contribution in [3.8, 4) is 11.3 Å². The van der Waals surface area contributed by atoms with Gasteiger partial charge in [0.1, 0.15) is 5.82 Å². The van der Waals surface area contributed by atoms with Crippen LogP contribution in [0.4, 0.5) is 9.52 Å². The van der Waals surface area contributed by atoms with E-state index in [4.69, 9.17) is 0 Å². The summed E-state index contributed by atoms with van der Waals surface area (Å²) in [6.45, 7) is -0.389. The number of nitrogens with zero attached hydrogens (tertiary/aromatic N) is 2. The van der Waals surface area contributed by atoms with Crippen LogP contribution in [0.1, 0.15) is 0 Å². The molecule has 2 aromatic carbocycles. The SMILES string of the molecule is CN(CC(=O)Nc1nc(-c2ccccc2)cs1)S(=O)(=O)c1ccc(F)cc1. The molecule has 1 aromatic heterocycles. The Morgan fingerprint density at radius 3 is 2.48 bits per heavy atom. The third kappa shape index (κ3) is 4.57. The highest BCUT2D eigenvalue weighted by Crippen LogP contribution is 2.24. The van der Waals surface area contributed by atoms with E-state index in [1.54, 1.807) is 0 Å². The first kappa shape index (κ1) is 19.2. The van der Waals surface area contributed by atoms with Crippen molar-refractivity contribution >= 4 is 32.4 Å². The summed E-state index contributed by atoms with van der Waals surface area (Å²) >= 11 is 1.25. The van der Waals surface area contributed by atoms with Gasteiger partial charge >= 0.3 is 0 Å². The van der Waals surface area contributed by atoms with Crippen LogP contribution in [0.25, 0.3) is 11.3 Å². The van der Waals surface area contributed by atoms with Crippen molar-refractivity contribution in [1.29, 1.82) is 0 Å². The van der Waals surface area contributed by atoms with Gasteiger partial charge in [-0.05, 0) is 24.3 Å². The summed E-state index contributed by atoms with van der Waals surface area (Å²) in [4.78, 5) is 16.4. The molecule has 1 amide bonds. The molecule has 0 aliphatic heterocycles. The molecule has 1 heterocycles. The molecule has 0 atom stereocenters. The zero-order valence-corrected chi connectivity index (χ0v) is 15.9. The molecule has 27 heavy (non-hydrogen) atoms. The van der Waals surface area contributed by atoms with E-state index in [1.165, 1.54) is 18.4 Å². The highest BCUT2D eigenvalue weighted by atomic mass is 32.2. The summed E-state index contributed by atoms with van der Waals surface area (Å²) in [6.07, 6.45) is 0. The molecule has 0 fully saturated rings. The maximum absolute atomic E-state index is 13.0. The predicted octanol–water partition coefficient (Wildman–Crippen LogP) is 3.21. The number of carbonyl (C=O) groups is 1. The normalized spacial score (nSPS) is 11.5. The number of likely N-dealkylation sites (N-methyl/N-ethyl adjacent to an activating group) is 1. The molecule has 0 unspecified atom stereocenters. The van der Waals surface area contributed by atoms with Crippen LogP contribution in [-0.2, 0) is 14.8 Å². The van der Waals surface area contributed by atoms with Crippen molar-refractivity contribution < 1.29 is 17.6 Å². The van der Waals surface area contributed by atoms with Crippen molar-refractivity contribution in [2.75, 3.05) is 18.9 Å². The quantitative estimate of drug-likeness (QED) is 0.683. The summed E-state index contributed by atoms with van der Waals surface area (Å²) in [7, 11) is -2.60. The largest absolute Gasteiger partial charge is 0.301 e. The van der Waals surface area contributed by atoms with Crippen LogP contribution in [0.2, 0.25) is 0 Å². The van der Waals surface area contributed by atoms with Crippen LogP contribution in [0.3, 0.4) is 0 Å². The van der Waals surface area contributed by atoms with E-state index in [0.717, 1.165) is 39.8 Å². The fourth-order valence-corrected chi connectivity index (χ4v) is 4.17. The summed E-state index contributed by atoms with van der Waals surface area (Å²) in [5.41, 5.74) is 1.65. The number of nitrogens with one attached hydrogen (secondary N) is 1. The molecule has 140 valence electrons. The van der Waals surface area contributed by atoms with Gasteiger partial charge in [0, 0.05) is 18.0 Å². The summed E-state index contributed by atoms with van der Waals surface area (Å²) in [5, 5.41) is 4.79. The lowest BCUT2D eigenvalue weighted by molar-refractivity contribution is -0.116. The first-order chi connectivity index (χ1) is 12.9. The van der Waals surface area contributed by atoms with E-state index in [-0.39, 0.29) is 11.4 Å². The zero-order chi connectivity index (χ0) is 19.4. The van der Waals surface area contributed by atoms with Crippen LogP contribution >= 0.6 is 11.3 Å². The van der Waals surface area contributed by atoms with E-state index in [9.17, 15) is 17.6 Å². The predicted molar refractivity (Wildman–Crippen MR) is 102 cm³/mol. The number of anilines is 1. The average molecular weight is 405 g/mol. The molecule has 6 nitrogen and oxygen atoms in total. The maximum atomic E-state index is 13.0. The second-order valence-electron chi connectivity index (χ2n) is 5.67. The Kier molecular flexibility index (Phi) is 5.64. The van der Waals surface area contributed by atoms with Crippen molar-refractivity contribution in [1.82, 2.24) is 9.29 Å².